The minimum Gasteiger partial charge on any atom is -0.361 e. The van der Waals surface area contributed by atoms with Gasteiger partial charge in [-0.15, -0.1) is 0 Å². The van der Waals surface area contributed by atoms with E-state index in [2.05, 4.69) is 10.5 Å². The molecule has 2 rings (SSSR count). The number of aromatic nitrogens is 1. The zero-order valence-electron chi connectivity index (χ0n) is 9.88. The first-order valence-electron chi connectivity index (χ1n) is 5.92. The SMILES string of the molecule is CNC(=O)c1c(C2CCCCC2)noc1C. The third-order valence-corrected chi connectivity index (χ3v) is 3.34. The van der Waals surface area contributed by atoms with Crippen LogP contribution in [0, 0.1) is 6.92 Å². The van der Waals surface area contributed by atoms with Gasteiger partial charge in [-0.25, -0.2) is 0 Å². The summed E-state index contributed by atoms with van der Waals surface area (Å²) >= 11 is 0. The van der Waals surface area contributed by atoms with Crippen LogP contribution in [0.3, 0.4) is 0 Å². The van der Waals surface area contributed by atoms with Gasteiger partial charge in [0.1, 0.15) is 11.3 Å². The van der Waals surface area contributed by atoms with Crippen molar-refractivity contribution in [2.45, 2.75) is 44.9 Å². The van der Waals surface area contributed by atoms with Gasteiger partial charge in [0, 0.05) is 13.0 Å². The molecule has 4 heteroatoms. The van der Waals surface area contributed by atoms with Gasteiger partial charge in [0.05, 0.1) is 5.69 Å². The first-order chi connectivity index (χ1) is 7.74. The van der Waals surface area contributed by atoms with E-state index in [1.54, 1.807) is 14.0 Å². The molecule has 1 fully saturated rings. The molecule has 0 aliphatic heterocycles. The molecule has 1 aromatic heterocycles. The second-order valence-corrected chi connectivity index (χ2v) is 4.41. The Hall–Kier alpha value is -1.32. The molecule has 1 saturated carbocycles. The van der Waals surface area contributed by atoms with Crippen molar-refractivity contribution in [2.24, 2.45) is 0 Å². The molecule has 0 bridgehead atoms. The second-order valence-electron chi connectivity index (χ2n) is 4.41. The molecule has 0 unspecified atom stereocenters. The highest BCUT2D eigenvalue weighted by atomic mass is 16.5. The molecule has 16 heavy (non-hydrogen) atoms. The number of hydrogen-bond acceptors (Lipinski definition) is 3. The Balaban J connectivity index is 2.29. The summed E-state index contributed by atoms with van der Waals surface area (Å²) in [6.07, 6.45) is 5.99. The lowest BCUT2D eigenvalue weighted by atomic mass is 9.85. The van der Waals surface area contributed by atoms with Crippen LogP contribution >= 0.6 is 0 Å². The summed E-state index contributed by atoms with van der Waals surface area (Å²) in [5, 5.41) is 6.72. The summed E-state index contributed by atoms with van der Waals surface area (Å²) in [7, 11) is 1.64. The molecule has 4 nitrogen and oxygen atoms in total. The van der Waals surface area contributed by atoms with Crippen LogP contribution in [0.1, 0.15) is 59.8 Å². The number of nitrogens with one attached hydrogen (secondary N) is 1. The maximum atomic E-state index is 11.7. The smallest absolute Gasteiger partial charge is 0.256 e. The number of rotatable bonds is 2. The summed E-state index contributed by atoms with van der Waals surface area (Å²) in [5.74, 6) is 0.942. The van der Waals surface area contributed by atoms with Gasteiger partial charge in [0.15, 0.2) is 0 Å². The Labute approximate surface area is 95.4 Å². The minimum atomic E-state index is -0.0840. The van der Waals surface area contributed by atoms with Crippen molar-refractivity contribution >= 4 is 5.91 Å². The molecule has 0 aromatic carbocycles. The van der Waals surface area contributed by atoms with Crippen LogP contribution in [0.2, 0.25) is 0 Å². The highest BCUT2D eigenvalue weighted by Gasteiger charge is 2.26. The highest BCUT2D eigenvalue weighted by Crippen LogP contribution is 2.34. The van der Waals surface area contributed by atoms with Gasteiger partial charge >= 0.3 is 0 Å². The van der Waals surface area contributed by atoms with Crippen molar-refractivity contribution in [1.29, 1.82) is 0 Å². The van der Waals surface area contributed by atoms with Crippen LogP contribution in [0.5, 0.6) is 0 Å². The lowest BCUT2D eigenvalue weighted by molar-refractivity contribution is 0.0960. The van der Waals surface area contributed by atoms with Gasteiger partial charge in [0.2, 0.25) is 0 Å². The van der Waals surface area contributed by atoms with E-state index in [1.165, 1.54) is 19.3 Å². The molecule has 1 heterocycles. The first kappa shape index (κ1) is 11.2. The van der Waals surface area contributed by atoms with E-state index in [4.69, 9.17) is 4.52 Å². The summed E-state index contributed by atoms with van der Waals surface area (Å²) in [6.45, 7) is 1.80. The minimum absolute atomic E-state index is 0.0840. The van der Waals surface area contributed by atoms with Crippen LogP contribution in [0.4, 0.5) is 0 Å². The highest BCUT2D eigenvalue weighted by molar-refractivity contribution is 5.96. The number of carbonyl (C=O) groups excluding carboxylic acids is 1. The van der Waals surface area contributed by atoms with Gasteiger partial charge in [-0.1, -0.05) is 24.4 Å². The van der Waals surface area contributed by atoms with Crippen molar-refractivity contribution in [3.63, 3.8) is 0 Å². The van der Waals surface area contributed by atoms with E-state index in [9.17, 15) is 4.79 Å². The van der Waals surface area contributed by atoms with Gasteiger partial charge in [-0.05, 0) is 19.8 Å². The average molecular weight is 222 g/mol. The van der Waals surface area contributed by atoms with E-state index < -0.39 is 0 Å². The molecule has 0 spiro atoms. The van der Waals surface area contributed by atoms with Gasteiger partial charge < -0.3 is 9.84 Å². The quantitative estimate of drug-likeness (QED) is 0.835. The Bertz CT molecular complexity index is 378. The normalized spacial score (nSPS) is 17.4. The van der Waals surface area contributed by atoms with Gasteiger partial charge in [-0.2, -0.15) is 0 Å². The van der Waals surface area contributed by atoms with E-state index in [0.29, 0.717) is 17.2 Å². The van der Waals surface area contributed by atoms with E-state index in [0.717, 1.165) is 18.5 Å². The summed E-state index contributed by atoms with van der Waals surface area (Å²) in [6, 6.07) is 0. The summed E-state index contributed by atoms with van der Waals surface area (Å²) in [4.78, 5) is 11.7. The van der Waals surface area contributed by atoms with Crippen molar-refractivity contribution in [3.05, 3.63) is 17.0 Å². The Morgan fingerprint density at radius 2 is 2.06 bits per heavy atom. The Morgan fingerprint density at radius 1 is 1.38 bits per heavy atom. The molecule has 1 N–H and O–H groups in total. The topological polar surface area (TPSA) is 55.1 Å². The second kappa shape index (κ2) is 4.68. The van der Waals surface area contributed by atoms with E-state index >= 15 is 0 Å². The molecule has 0 saturated heterocycles. The fourth-order valence-electron chi connectivity index (χ4n) is 2.45. The predicted octanol–water partition coefficient (Wildman–Crippen LogP) is 2.39. The number of nitrogens with zero attached hydrogens (tertiary/aromatic N) is 1. The van der Waals surface area contributed by atoms with Crippen LogP contribution < -0.4 is 5.32 Å². The third kappa shape index (κ3) is 1.96. The number of hydrogen-bond donors (Lipinski definition) is 1. The molecule has 88 valence electrons. The first-order valence-corrected chi connectivity index (χ1v) is 5.92. The number of amides is 1. The van der Waals surface area contributed by atoms with Crippen molar-refractivity contribution < 1.29 is 9.32 Å². The molecule has 1 amide bonds. The van der Waals surface area contributed by atoms with Gasteiger partial charge in [-0.3, -0.25) is 4.79 Å². The molecule has 1 aromatic rings. The van der Waals surface area contributed by atoms with Crippen LogP contribution in [0.15, 0.2) is 4.52 Å². The fourth-order valence-corrected chi connectivity index (χ4v) is 2.45. The predicted molar refractivity (Wildman–Crippen MR) is 60.5 cm³/mol. The van der Waals surface area contributed by atoms with E-state index in [1.807, 2.05) is 0 Å². The molecule has 0 radical (unpaired) electrons. The number of aryl methyl sites for hydroxylation is 1. The summed E-state index contributed by atoms with van der Waals surface area (Å²) < 4.78 is 5.16. The van der Waals surface area contributed by atoms with Crippen LogP contribution in [0.25, 0.3) is 0 Å². The van der Waals surface area contributed by atoms with Crippen molar-refractivity contribution in [2.75, 3.05) is 7.05 Å². The molecule has 0 atom stereocenters. The molecule has 1 aliphatic rings. The monoisotopic (exact) mass is 222 g/mol. The Morgan fingerprint density at radius 3 is 2.69 bits per heavy atom. The lowest BCUT2D eigenvalue weighted by Crippen LogP contribution is -2.21. The van der Waals surface area contributed by atoms with Crippen molar-refractivity contribution in [3.8, 4) is 0 Å². The molecular weight excluding hydrogens is 204 g/mol. The van der Waals surface area contributed by atoms with Crippen molar-refractivity contribution in [1.82, 2.24) is 10.5 Å². The average Bonchev–Trinajstić information content (AvgIpc) is 2.71. The largest absolute Gasteiger partial charge is 0.361 e. The van der Waals surface area contributed by atoms with E-state index in [-0.39, 0.29) is 5.91 Å². The fraction of sp³-hybridized carbons (Fsp3) is 0.667. The van der Waals surface area contributed by atoms with Crippen LogP contribution in [-0.4, -0.2) is 18.1 Å². The maximum absolute atomic E-state index is 11.7. The van der Waals surface area contributed by atoms with Gasteiger partial charge in [0.25, 0.3) is 5.91 Å². The summed E-state index contributed by atoms with van der Waals surface area (Å²) in [5.41, 5.74) is 1.51. The Kier molecular flexibility index (Phi) is 3.27. The van der Waals surface area contributed by atoms with Crippen LogP contribution in [-0.2, 0) is 0 Å². The maximum Gasteiger partial charge on any atom is 0.256 e. The molecular formula is C12H18N2O2. The zero-order chi connectivity index (χ0) is 11.5. The standard InChI is InChI=1S/C12H18N2O2/c1-8-10(12(15)13-2)11(14-16-8)9-6-4-3-5-7-9/h9H,3-7H2,1-2H3,(H,13,15). The number of carbonyl (C=O) groups is 1. The third-order valence-electron chi connectivity index (χ3n) is 3.34. The molecule has 1 aliphatic carbocycles. The lowest BCUT2D eigenvalue weighted by Gasteiger charge is -2.19. The zero-order valence-corrected chi connectivity index (χ0v) is 9.88.